The number of hydrogen-bond donors (Lipinski definition) is 6. The highest BCUT2D eigenvalue weighted by Gasteiger charge is 2.18. The number of aliphatic hydroxyl groups is 1. The normalized spacial score (nSPS) is 15.8. The van der Waals surface area contributed by atoms with Crippen LogP contribution in [0.3, 0.4) is 0 Å². The molecule has 0 bridgehead atoms. The average molecular weight is 341 g/mol. The Hall–Kier alpha value is -3.30. The summed E-state index contributed by atoms with van der Waals surface area (Å²) in [5, 5.41) is 24.3. The molecule has 6 N–H and O–H groups in total. The van der Waals surface area contributed by atoms with E-state index in [1.807, 2.05) is 0 Å². The van der Waals surface area contributed by atoms with Gasteiger partial charge in [0.15, 0.2) is 6.23 Å². The van der Waals surface area contributed by atoms with E-state index in [9.17, 15) is 9.90 Å². The molecule has 128 valence electrons. The molecule has 3 aromatic rings. The van der Waals surface area contributed by atoms with Crippen molar-refractivity contribution in [2.24, 2.45) is 0 Å². The van der Waals surface area contributed by atoms with Crippen molar-refractivity contribution >= 4 is 34.3 Å². The number of H-pyrrole nitrogens is 1. The van der Waals surface area contributed by atoms with E-state index in [1.54, 1.807) is 41.9 Å². The molecule has 1 aliphatic rings. The van der Waals surface area contributed by atoms with E-state index in [1.165, 1.54) is 0 Å². The predicted molar refractivity (Wildman–Crippen MR) is 90.2 cm³/mol. The molecule has 2 heterocycles. The van der Waals surface area contributed by atoms with Crippen LogP contribution in [-0.4, -0.2) is 39.0 Å². The number of nitrogens with zero attached hydrogens (tertiary/aromatic N) is 1. The van der Waals surface area contributed by atoms with Crippen molar-refractivity contribution in [1.29, 1.82) is 0 Å². The third-order valence-electron chi connectivity index (χ3n) is 3.79. The SMILES string of the molecule is O=C(NO)c1cccc(Nc2nc3cc4c(cc3[nH]2)OCC(O)N4)c1. The Morgan fingerprint density at radius 1 is 1.32 bits per heavy atom. The molecular weight excluding hydrogens is 326 g/mol. The molecule has 1 atom stereocenters. The Morgan fingerprint density at radius 3 is 3.04 bits per heavy atom. The Kier molecular flexibility index (Phi) is 3.64. The van der Waals surface area contributed by atoms with E-state index >= 15 is 0 Å². The van der Waals surface area contributed by atoms with Gasteiger partial charge in [0.05, 0.1) is 16.7 Å². The maximum atomic E-state index is 11.5. The Bertz CT molecular complexity index is 955. The lowest BCUT2D eigenvalue weighted by atomic mass is 10.2. The molecule has 0 radical (unpaired) electrons. The van der Waals surface area contributed by atoms with Crippen molar-refractivity contribution < 1.29 is 19.8 Å². The maximum absolute atomic E-state index is 11.5. The number of hydroxylamine groups is 1. The van der Waals surface area contributed by atoms with Crippen LogP contribution in [-0.2, 0) is 0 Å². The fraction of sp³-hybridized carbons (Fsp3) is 0.125. The Morgan fingerprint density at radius 2 is 2.20 bits per heavy atom. The van der Waals surface area contributed by atoms with Crippen LogP contribution in [0, 0.1) is 0 Å². The van der Waals surface area contributed by atoms with Crippen LogP contribution in [0.2, 0.25) is 0 Å². The van der Waals surface area contributed by atoms with Gasteiger partial charge in [-0.2, -0.15) is 0 Å². The molecule has 0 aliphatic carbocycles. The van der Waals surface area contributed by atoms with Gasteiger partial charge < -0.3 is 25.5 Å². The standard InChI is InChI=1S/C16H15N5O4/c22-14-7-25-13-6-11-10(5-12(13)18-14)19-16(20-11)17-9-3-1-2-8(4-9)15(23)21-24/h1-6,14,18,22,24H,7H2,(H,21,23)(H2,17,19,20). The molecule has 25 heavy (non-hydrogen) atoms. The summed E-state index contributed by atoms with van der Waals surface area (Å²) in [6.07, 6.45) is -0.748. The van der Waals surface area contributed by atoms with Crippen molar-refractivity contribution in [1.82, 2.24) is 15.4 Å². The third-order valence-corrected chi connectivity index (χ3v) is 3.79. The van der Waals surface area contributed by atoms with Gasteiger partial charge in [0.1, 0.15) is 12.4 Å². The van der Waals surface area contributed by atoms with Gasteiger partial charge in [0.2, 0.25) is 5.95 Å². The highest BCUT2D eigenvalue weighted by molar-refractivity contribution is 5.94. The van der Waals surface area contributed by atoms with E-state index in [0.29, 0.717) is 34.2 Å². The fourth-order valence-corrected chi connectivity index (χ4v) is 2.66. The highest BCUT2D eigenvalue weighted by Crippen LogP contribution is 2.33. The Balaban J connectivity index is 1.63. The summed E-state index contributed by atoms with van der Waals surface area (Å²) < 4.78 is 5.48. The van der Waals surface area contributed by atoms with Gasteiger partial charge in [-0.15, -0.1) is 0 Å². The minimum Gasteiger partial charge on any atom is -0.487 e. The maximum Gasteiger partial charge on any atom is 0.274 e. The lowest BCUT2D eigenvalue weighted by Crippen LogP contribution is -2.30. The van der Waals surface area contributed by atoms with E-state index < -0.39 is 12.1 Å². The summed E-state index contributed by atoms with van der Waals surface area (Å²) in [5.74, 6) is 0.525. The molecule has 0 spiro atoms. The van der Waals surface area contributed by atoms with E-state index in [0.717, 1.165) is 5.52 Å². The zero-order valence-electron chi connectivity index (χ0n) is 12.9. The topological polar surface area (TPSA) is 132 Å². The summed E-state index contributed by atoms with van der Waals surface area (Å²) in [7, 11) is 0. The van der Waals surface area contributed by atoms with Crippen molar-refractivity contribution in [2.75, 3.05) is 17.2 Å². The van der Waals surface area contributed by atoms with Crippen LogP contribution in [0.25, 0.3) is 11.0 Å². The highest BCUT2D eigenvalue weighted by atomic mass is 16.5. The second-order valence-corrected chi connectivity index (χ2v) is 5.57. The summed E-state index contributed by atoms with van der Waals surface area (Å²) in [6, 6.07) is 10.2. The number of benzene rings is 2. The number of rotatable bonds is 3. The van der Waals surface area contributed by atoms with E-state index in [2.05, 4.69) is 20.6 Å². The lowest BCUT2D eigenvalue weighted by molar-refractivity contribution is 0.0706. The molecule has 1 aliphatic heterocycles. The van der Waals surface area contributed by atoms with Gasteiger partial charge in [-0.25, -0.2) is 10.5 Å². The molecule has 1 aromatic heterocycles. The second kappa shape index (κ2) is 5.96. The molecule has 1 amide bonds. The third kappa shape index (κ3) is 2.93. The minimum atomic E-state index is -0.748. The van der Waals surface area contributed by atoms with Gasteiger partial charge in [0, 0.05) is 17.3 Å². The minimum absolute atomic E-state index is 0.178. The molecule has 0 fully saturated rings. The van der Waals surface area contributed by atoms with Crippen molar-refractivity contribution in [2.45, 2.75) is 6.23 Å². The molecule has 2 aromatic carbocycles. The number of carbonyl (C=O) groups excluding carboxylic acids is 1. The molecule has 4 rings (SSSR count). The van der Waals surface area contributed by atoms with Crippen molar-refractivity contribution in [3.8, 4) is 5.75 Å². The molecule has 1 unspecified atom stereocenters. The smallest absolute Gasteiger partial charge is 0.274 e. The van der Waals surface area contributed by atoms with Gasteiger partial charge in [-0.3, -0.25) is 10.0 Å². The zero-order valence-corrected chi connectivity index (χ0v) is 12.9. The number of anilines is 3. The molecule has 0 saturated carbocycles. The fourth-order valence-electron chi connectivity index (χ4n) is 2.66. The molecular formula is C16H15N5O4. The average Bonchev–Trinajstić information content (AvgIpc) is 3.00. The zero-order chi connectivity index (χ0) is 17.4. The number of fused-ring (bicyclic) bond motifs is 2. The molecule has 0 saturated heterocycles. The van der Waals surface area contributed by atoms with Gasteiger partial charge in [0.25, 0.3) is 5.91 Å². The number of ether oxygens (including phenoxy) is 1. The van der Waals surface area contributed by atoms with E-state index in [4.69, 9.17) is 9.94 Å². The van der Waals surface area contributed by atoms with Crippen LogP contribution >= 0.6 is 0 Å². The van der Waals surface area contributed by atoms with Crippen molar-refractivity contribution in [3.05, 3.63) is 42.0 Å². The summed E-state index contributed by atoms with van der Waals surface area (Å²) >= 11 is 0. The quantitative estimate of drug-likeness (QED) is 0.315. The number of nitrogens with one attached hydrogen (secondary N) is 4. The van der Waals surface area contributed by atoms with Crippen LogP contribution < -0.4 is 20.9 Å². The van der Waals surface area contributed by atoms with Crippen LogP contribution in [0.4, 0.5) is 17.3 Å². The number of hydrogen-bond acceptors (Lipinski definition) is 7. The first-order valence-corrected chi connectivity index (χ1v) is 7.55. The molecule has 9 heteroatoms. The Labute approximate surface area is 141 Å². The van der Waals surface area contributed by atoms with Gasteiger partial charge >= 0.3 is 0 Å². The summed E-state index contributed by atoms with van der Waals surface area (Å²) in [4.78, 5) is 19.0. The lowest BCUT2D eigenvalue weighted by Gasteiger charge is -2.23. The van der Waals surface area contributed by atoms with Crippen LogP contribution in [0.15, 0.2) is 36.4 Å². The number of imidazole rings is 1. The van der Waals surface area contributed by atoms with E-state index in [-0.39, 0.29) is 6.61 Å². The van der Waals surface area contributed by atoms with Crippen LogP contribution in [0.1, 0.15) is 10.4 Å². The predicted octanol–water partition coefficient (Wildman–Crippen LogP) is 1.55. The largest absolute Gasteiger partial charge is 0.487 e. The summed E-state index contributed by atoms with van der Waals surface area (Å²) in [6.45, 7) is 0.178. The first-order valence-electron chi connectivity index (χ1n) is 7.55. The number of amides is 1. The number of aliphatic hydroxyl groups excluding tert-OH is 1. The van der Waals surface area contributed by atoms with Crippen LogP contribution in [0.5, 0.6) is 5.75 Å². The summed E-state index contributed by atoms with van der Waals surface area (Å²) in [5.41, 5.74) is 4.67. The monoisotopic (exact) mass is 341 g/mol. The molecule has 9 nitrogen and oxygen atoms in total. The number of aromatic amines is 1. The first kappa shape index (κ1) is 15.2. The number of aromatic nitrogens is 2. The first-order chi connectivity index (χ1) is 12.1. The van der Waals surface area contributed by atoms with Gasteiger partial charge in [-0.1, -0.05) is 6.07 Å². The van der Waals surface area contributed by atoms with Gasteiger partial charge in [-0.05, 0) is 24.3 Å². The van der Waals surface area contributed by atoms with Crippen molar-refractivity contribution in [3.63, 3.8) is 0 Å². The number of carbonyl (C=O) groups is 1. The second-order valence-electron chi connectivity index (χ2n) is 5.57.